The standard InChI is InChI=1S/C23H31N3O3S2/c1-24(17-19-9-3-4-11-21(19)25-13-5-2-6-14-25)23(27)20-10-7-15-26(18-20)31(28,29)22-12-8-16-30-22/h3-4,8-9,11-12,16,20H,2,5-7,10,13-15,17-18H2,1H3. The number of para-hydroxylation sites is 1. The minimum absolute atomic E-state index is 0.0273. The Labute approximate surface area is 189 Å². The lowest BCUT2D eigenvalue weighted by atomic mass is 9.98. The van der Waals surface area contributed by atoms with Gasteiger partial charge in [-0.2, -0.15) is 4.31 Å². The molecule has 1 aromatic carbocycles. The summed E-state index contributed by atoms with van der Waals surface area (Å²) in [6.45, 7) is 3.40. The highest BCUT2D eigenvalue weighted by molar-refractivity contribution is 7.91. The summed E-state index contributed by atoms with van der Waals surface area (Å²) in [6, 6.07) is 11.7. The van der Waals surface area contributed by atoms with Crippen molar-refractivity contribution < 1.29 is 13.2 Å². The third-order valence-electron chi connectivity index (χ3n) is 6.29. The number of carbonyl (C=O) groups is 1. The summed E-state index contributed by atoms with van der Waals surface area (Å²) in [4.78, 5) is 17.4. The van der Waals surface area contributed by atoms with Crippen molar-refractivity contribution in [2.45, 2.75) is 42.9 Å². The molecule has 6 nitrogen and oxygen atoms in total. The number of nitrogens with zero attached hydrogens (tertiary/aromatic N) is 3. The maximum absolute atomic E-state index is 13.2. The summed E-state index contributed by atoms with van der Waals surface area (Å²) in [5.74, 6) is -0.268. The molecule has 0 bridgehead atoms. The zero-order valence-corrected chi connectivity index (χ0v) is 19.7. The third-order valence-corrected chi connectivity index (χ3v) is 9.53. The maximum Gasteiger partial charge on any atom is 0.252 e. The number of anilines is 1. The van der Waals surface area contributed by atoms with Crippen molar-refractivity contribution in [2.24, 2.45) is 5.92 Å². The van der Waals surface area contributed by atoms with Crippen molar-refractivity contribution in [1.82, 2.24) is 9.21 Å². The van der Waals surface area contributed by atoms with Crippen LogP contribution in [0.1, 0.15) is 37.7 Å². The van der Waals surface area contributed by atoms with E-state index in [2.05, 4.69) is 23.1 Å². The van der Waals surface area contributed by atoms with Crippen LogP contribution >= 0.6 is 11.3 Å². The maximum atomic E-state index is 13.2. The fourth-order valence-electron chi connectivity index (χ4n) is 4.63. The molecule has 2 aromatic rings. The van der Waals surface area contributed by atoms with Crippen LogP contribution in [0, 0.1) is 5.92 Å². The van der Waals surface area contributed by atoms with Crippen LogP contribution in [-0.4, -0.2) is 56.8 Å². The van der Waals surface area contributed by atoms with Crippen molar-refractivity contribution in [3.05, 3.63) is 47.3 Å². The number of carbonyl (C=O) groups excluding carboxylic acids is 1. The Morgan fingerprint density at radius 3 is 2.58 bits per heavy atom. The molecule has 4 rings (SSSR count). The summed E-state index contributed by atoms with van der Waals surface area (Å²) in [6.07, 6.45) is 5.13. The molecule has 1 atom stereocenters. The second-order valence-corrected chi connectivity index (χ2v) is 11.6. The smallest absolute Gasteiger partial charge is 0.252 e. The van der Waals surface area contributed by atoms with Gasteiger partial charge in [0.05, 0.1) is 5.92 Å². The van der Waals surface area contributed by atoms with Gasteiger partial charge in [-0.15, -0.1) is 11.3 Å². The number of benzene rings is 1. The van der Waals surface area contributed by atoms with Crippen molar-refractivity contribution in [1.29, 1.82) is 0 Å². The van der Waals surface area contributed by atoms with E-state index in [9.17, 15) is 13.2 Å². The monoisotopic (exact) mass is 461 g/mol. The van der Waals surface area contributed by atoms with Gasteiger partial charge in [0.25, 0.3) is 10.0 Å². The first-order valence-corrected chi connectivity index (χ1v) is 13.4. The van der Waals surface area contributed by atoms with Crippen molar-refractivity contribution in [3.8, 4) is 0 Å². The molecule has 0 saturated carbocycles. The normalized spacial score (nSPS) is 20.5. The molecular formula is C23H31N3O3S2. The van der Waals surface area contributed by atoms with Gasteiger partial charge in [-0.05, 0) is 55.2 Å². The summed E-state index contributed by atoms with van der Waals surface area (Å²) >= 11 is 1.23. The van der Waals surface area contributed by atoms with E-state index in [0.29, 0.717) is 23.7 Å². The van der Waals surface area contributed by atoms with E-state index in [1.165, 1.54) is 40.6 Å². The van der Waals surface area contributed by atoms with Crippen LogP contribution in [0.25, 0.3) is 0 Å². The number of piperidine rings is 2. The van der Waals surface area contributed by atoms with Crippen LogP contribution in [0.4, 0.5) is 5.69 Å². The van der Waals surface area contributed by atoms with E-state index in [1.807, 2.05) is 13.1 Å². The molecule has 31 heavy (non-hydrogen) atoms. The Bertz CT molecular complexity index is 985. The predicted octanol–water partition coefficient (Wildman–Crippen LogP) is 3.80. The molecule has 2 aliphatic heterocycles. The van der Waals surface area contributed by atoms with Crippen LogP contribution in [0.5, 0.6) is 0 Å². The highest BCUT2D eigenvalue weighted by atomic mass is 32.2. The molecule has 0 N–H and O–H groups in total. The lowest BCUT2D eigenvalue weighted by Crippen LogP contribution is -2.45. The number of rotatable bonds is 6. The number of hydrogen-bond acceptors (Lipinski definition) is 5. The first kappa shape index (κ1) is 22.3. The number of sulfonamides is 1. The molecule has 1 amide bonds. The number of hydrogen-bond donors (Lipinski definition) is 0. The molecule has 2 aliphatic rings. The largest absolute Gasteiger partial charge is 0.371 e. The van der Waals surface area contributed by atoms with Gasteiger partial charge in [-0.3, -0.25) is 4.79 Å². The molecule has 0 spiro atoms. The van der Waals surface area contributed by atoms with Gasteiger partial charge >= 0.3 is 0 Å². The van der Waals surface area contributed by atoms with E-state index in [0.717, 1.165) is 25.1 Å². The average molecular weight is 462 g/mol. The van der Waals surface area contributed by atoms with Gasteiger partial charge in [0.1, 0.15) is 4.21 Å². The Hall–Kier alpha value is -1.90. The molecule has 168 valence electrons. The zero-order valence-electron chi connectivity index (χ0n) is 18.1. The van der Waals surface area contributed by atoms with Crippen molar-refractivity contribution in [2.75, 3.05) is 38.1 Å². The SMILES string of the molecule is CN(Cc1ccccc1N1CCCCC1)C(=O)C1CCCN(S(=O)(=O)c2cccs2)C1. The van der Waals surface area contributed by atoms with E-state index < -0.39 is 10.0 Å². The number of thiophene rings is 1. The van der Waals surface area contributed by atoms with Gasteiger partial charge in [0.15, 0.2) is 0 Å². The molecule has 2 fully saturated rings. The van der Waals surface area contributed by atoms with Crippen LogP contribution < -0.4 is 4.90 Å². The van der Waals surface area contributed by atoms with E-state index in [1.54, 1.807) is 22.4 Å². The predicted molar refractivity (Wildman–Crippen MR) is 125 cm³/mol. The molecule has 0 aliphatic carbocycles. The van der Waals surface area contributed by atoms with Gasteiger partial charge in [0.2, 0.25) is 5.91 Å². The highest BCUT2D eigenvalue weighted by Gasteiger charge is 2.35. The lowest BCUT2D eigenvalue weighted by Gasteiger charge is -2.34. The van der Waals surface area contributed by atoms with Gasteiger partial charge in [-0.25, -0.2) is 8.42 Å². The van der Waals surface area contributed by atoms with Crippen LogP contribution in [0.3, 0.4) is 0 Å². The Morgan fingerprint density at radius 2 is 1.84 bits per heavy atom. The van der Waals surface area contributed by atoms with Crippen molar-refractivity contribution >= 4 is 33.0 Å². The molecule has 8 heteroatoms. The Kier molecular flexibility index (Phi) is 6.99. The summed E-state index contributed by atoms with van der Waals surface area (Å²) in [5, 5.41) is 1.77. The molecule has 2 saturated heterocycles. The van der Waals surface area contributed by atoms with E-state index >= 15 is 0 Å². The molecule has 0 radical (unpaired) electrons. The topological polar surface area (TPSA) is 60.9 Å². The fourth-order valence-corrected chi connectivity index (χ4v) is 7.30. The highest BCUT2D eigenvalue weighted by Crippen LogP contribution is 2.29. The summed E-state index contributed by atoms with van der Waals surface area (Å²) < 4.78 is 27.6. The average Bonchev–Trinajstić information content (AvgIpc) is 3.35. The fraction of sp³-hybridized carbons (Fsp3) is 0.522. The van der Waals surface area contributed by atoms with Crippen LogP contribution in [-0.2, 0) is 21.4 Å². The summed E-state index contributed by atoms with van der Waals surface area (Å²) in [7, 11) is -1.68. The van der Waals surface area contributed by atoms with Crippen LogP contribution in [0.2, 0.25) is 0 Å². The first-order valence-electron chi connectivity index (χ1n) is 11.1. The van der Waals surface area contributed by atoms with Crippen LogP contribution in [0.15, 0.2) is 46.0 Å². The van der Waals surface area contributed by atoms with E-state index in [-0.39, 0.29) is 18.4 Å². The van der Waals surface area contributed by atoms with Gasteiger partial charge in [0, 0.05) is 45.5 Å². The third kappa shape index (κ3) is 4.96. The van der Waals surface area contributed by atoms with Gasteiger partial charge < -0.3 is 9.80 Å². The minimum Gasteiger partial charge on any atom is -0.371 e. The van der Waals surface area contributed by atoms with E-state index in [4.69, 9.17) is 0 Å². The Morgan fingerprint density at radius 1 is 1.06 bits per heavy atom. The molecular weight excluding hydrogens is 430 g/mol. The minimum atomic E-state index is -3.52. The molecule has 1 aromatic heterocycles. The lowest BCUT2D eigenvalue weighted by molar-refractivity contribution is -0.135. The van der Waals surface area contributed by atoms with Gasteiger partial charge in [-0.1, -0.05) is 24.3 Å². The summed E-state index contributed by atoms with van der Waals surface area (Å²) in [5.41, 5.74) is 2.37. The van der Waals surface area contributed by atoms with Crippen molar-refractivity contribution in [3.63, 3.8) is 0 Å². The quantitative estimate of drug-likeness (QED) is 0.657. The first-order chi connectivity index (χ1) is 15.0. The second-order valence-electron chi connectivity index (χ2n) is 8.51. The second kappa shape index (κ2) is 9.71. The Balaban J connectivity index is 1.44. The molecule has 1 unspecified atom stereocenters. The molecule has 3 heterocycles. The number of amides is 1. The zero-order chi connectivity index (χ0) is 21.8.